The minimum atomic E-state index is -4.67. The van der Waals surface area contributed by atoms with E-state index in [0.717, 1.165) is 0 Å². The minimum absolute atomic E-state index is 0.433. The molecule has 68 valence electrons. The zero-order valence-corrected chi connectivity index (χ0v) is 6.33. The van der Waals surface area contributed by atoms with Gasteiger partial charge in [0, 0.05) is 0 Å². The Morgan fingerprint density at radius 2 is 1.82 bits per heavy atom. The number of nitrogens with two attached hydrogens (primary N) is 1. The van der Waals surface area contributed by atoms with Crippen molar-refractivity contribution in [3.63, 3.8) is 0 Å². The average molecular weight is 188 g/mol. The molecule has 11 heavy (non-hydrogen) atoms. The fourth-order valence-electron chi connectivity index (χ4n) is 0.0898. The highest BCUT2D eigenvalue weighted by atomic mass is 32.3. The van der Waals surface area contributed by atoms with E-state index in [2.05, 4.69) is 15.5 Å². The van der Waals surface area contributed by atoms with E-state index < -0.39 is 16.4 Å². The van der Waals surface area contributed by atoms with Crippen LogP contribution in [0.1, 0.15) is 0 Å². The van der Waals surface area contributed by atoms with Crippen LogP contribution < -0.4 is 5.73 Å². The smallest absolute Gasteiger partial charge is 0.351 e. The minimum Gasteiger partial charge on any atom is -0.351 e. The summed E-state index contributed by atoms with van der Waals surface area (Å²) in [6.07, 6.45) is 0. The van der Waals surface area contributed by atoms with Crippen LogP contribution in [0.3, 0.4) is 0 Å². The molecule has 0 saturated heterocycles. The summed E-state index contributed by atoms with van der Waals surface area (Å²) in [7, 11) is -3.39. The van der Waals surface area contributed by atoms with Crippen LogP contribution in [0.4, 0.5) is 0 Å². The molecule has 0 atom stereocenters. The molecule has 0 rings (SSSR count). The van der Waals surface area contributed by atoms with Gasteiger partial charge in [-0.2, -0.15) is 13.3 Å². The molecule has 0 aliphatic heterocycles. The fraction of sp³-hybridized carbons (Fsp3) is 0.500. The van der Waals surface area contributed by atoms with Crippen molar-refractivity contribution in [2.75, 3.05) is 7.11 Å². The second kappa shape index (κ2) is 5.85. The second-order valence-corrected chi connectivity index (χ2v) is 1.96. The van der Waals surface area contributed by atoms with Crippen molar-refractivity contribution in [2.45, 2.75) is 0 Å². The summed E-state index contributed by atoms with van der Waals surface area (Å²) in [6, 6.07) is -0.433. The maximum atomic E-state index is 8.74. The molecule has 5 N–H and O–H groups in total. The first kappa shape index (κ1) is 12.7. The van der Waals surface area contributed by atoms with E-state index in [9.17, 15) is 0 Å². The normalized spacial score (nSPS) is 9.36. The molecule has 0 aromatic rings. The molecule has 0 spiro atoms. The van der Waals surface area contributed by atoms with E-state index in [4.69, 9.17) is 22.9 Å². The first-order valence-electron chi connectivity index (χ1n) is 2.02. The average Bonchev–Trinajstić information content (AvgIpc) is 1.58. The van der Waals surface area contributed by atoms with Crippen LogP contribution >= 0.6 is 0 Å². The summed E-state index contributed by atoms with van der Waals surface area (Å²) in [5, 5.41) is 6.32. The predicted molar refractivity (Wildman–Crippen MR) is 34.2 cm³/mol. The number of hydrogen-bond donors (Lipinski definition) is 4. The maximum absolute atomic E-state index is 8.74. The lowest BCUT2D eigenvalue weighted by atomic mass is 11.2. The van der Waals surface area contributed by atoms with E-state index in [1.807, 2.05) is 0 Å². The molecule has 0 radical (unpaired) electrons. The summed E-state index contributed by atoms with van der Waals surface area (Å²) in [6.45, 7) is 0. The van der Waals surface area contributed by atoms with Gasteiger partial charge in [0.15, 0.2) is 0 Å². The molecule has 8 nitrogen and oxygen atoms in total. The van der Waals surface area contributed by atoms with Gasteiger partial charge in [0.1, 0.15) is 0 Å². The summed E-state index contributed by atoms with van der Waals surface area (Å²) in [5.74, 6) is 0. The summed E-state index contributed by atoms with van der Waals surface area (Å²) >= 11 is 0. The van der Waals surface area contributed by atoms with Gasteiger partial charge in [-0.15, -0.1) is 0 Å². The van der Waals surface area contributed by atoms with E-state index in [0.29, 0.717) is 0 Å². The molecule has 0 unspecified atom stereocenters. The Morgan fingerprint density at radius 3 is 1.82 bits per heavy atom. The largest absolute Gasteiger partial charge is 0.394 e. The van der Waals surface area contributed by atoms with Gasteiger partial charge in [0.2, 0.25) is 0 Å². The lowest BCUT2D eigenvalue weighted by Gasteiger charge is -1.90. The van der Waals surface area contributed by atoms with E-state index in [1.54, 1.807) is 0 Å². The Hall–Kier alpha value is -0.900. The van der Waals surface area contributed by atoms with Crippen molar-refractivity contribution in [3.8, 4) is 0 Å². The Bertz CT molecular complexity index is 189. The van der Waals surface area contributed by atoms with Crippen LogP contribution in [0.15, 0.2) is 0 Å². The standard InChI is InChI=1S/C2H6N2O2.H2O4S/c1-5-6-2(3)4;1-5(2,3)4/h1H3,(H3,3,4);(H2,1,2,3,4). The van der Waals surface area contributed by atoms with Gasteiger partial charge < -0.3 is 5.73 Å². The molecule has 0 aromatic heterocycles. The zero-order valence-electron chi connectivity index (χ0n) is 5.51. The Kier molecular flexibility index (Phi) is 6.78. The molecular weight excluding hydrogens is 180 g/mol. The molecule has 0 heterocycles. The van der Waals surface area contributed by atoms with Gasteiger partial charge >= 0.3 is 16.4 Å². The molecule has 0 saturated carbocycles. The van der Waals surface area contributed by atoms with Crippen LogP contribution in [0.5, 0.6) is 0 Å². The van der Waals surface area contributed by atoms with E-state index in [1.165, 1.54) is 7.11 Å². The van der Waals surface area contributed by atoms with Crippen LogP contribution in [0.25, 0.3) is 0 Å². The summed E-state index contributed by atoms with van der Waals surface area (Å²) < 4.78 is 31.6. The maximum Gasteiger partial charge on any atom is 0.394 e. The monoisotopic (exact) mass is 188 g/mol. The van der Waals surface area contributed by atoms with Gasteiger partial charge in [-0.1, -0.05) is 0 Å². The van der Waals surface area contributed by atoms with E-state index >= 15 is 0 Å². The van der Waals surface area contributed by atoms with Gasteiger partial charge in [0.05, 0.1) is 7.11 Å². The Balaban J connectivity index is 0. The van der Waals surface area contributed by atoms with Crippen molar-refractivity contribution in [2.24, 2.45) is 5.73 Å². The summed E-state index contributed by atoms with van der Waals surface area (Å²) in [5.41, 5.74) is 4.64. The van der Waals surface area contributed by atoms with Crippen molar-refractivity contribution in [1.29, 1.82) is 5.41 Å². The first-order valence-corrected chi connectivity index (χ1v) is 3.41. The van der Waals surface area contributed by atoms with Crippen molar-refractivity contribution < 1.29 is 27.3 Å². The molecule has 9 heteroatoms. The quantitative estimate of drug-likeness (QED) is 0.133. The number of nitrogens with one attached hydrogen (secondary N) is 1. The number of rotatable bonds is 1. The van der Waals surface area contributed by atoms with Gasteiger partial charge in [-0.3, -0.25) is 14.0 Å². The Labute approximate surface area is 62.9 Å². The van der Waals surface area contributed by atoms with Crippen LogP contribution in [0.2, 0.25) is 0 Å². The van der Waals surface area contributed by atoms with Gasteiger partial charge in [-0.25, -0.2) is 5.41 Å². The van der Waals surface area contributed by atoms with Crippen LogP contribution in [-0.2, 0) is 20.2 Å². The van der Waals surface area contributed by atoms with Gasteiger partial charge in [0.25, 0.3) is 0 Å². The molecule has 0 amide bonds. The molecule has 0 bridgehead atoms. The third-order valence-electron chi connectivity index (χ3n) is 0.173. The molecule has 0 aromatic carbocycles. The molecule has 0 aliphatic rings. The fourth-order valence-corrected chi connectivity index (χ4v) is 0.0898. The number of amidine groups is 1. The highest BCUT2D eigenvalue weighted by molar-refractivity contribution is 7.79. The lowest BCUT2D eigenvalue weighted by Crippen LogP contribution is -2.12. The molecule has 0 fully saturated rings. The molecule has 0 aliphatic carbocycles. The number of hydrogen-bond acceptors (Lipinski definition) is 5. The van der Waals surface area contributed by atoms with Crippen molar-refractivity contribution >= 4 is 16.4 Å². The van der Waals surface area contributed by atoms with Crippen LogP contribution in [-0.4, -0.2) is 30.7 Å². The topological polar surface area (TPSA) is 143 Å². The third kappa shape index (κ3) is 104. The van der Waals surface area contributed by atoms with Crippen molar-refractivity contribution in [3.05, 3.63) is 0 Å². The van der Waals surface area contributed by atoms with Gasteiger partial charge in [-0.05, 0) is 0 Å². The first-order chi connectivity index (χ1) is 4.77. The predicted octanol–water partition coefficient (Wildman–Crippen LogP) is -1.19. The SMILES string of the molecule is COOC(=N)N.O=S(=O)(O)O. The third-order valence-corrected chi connectivity index (χ3v) is 0.173. The highest BCUT2D eigenvalue weighted by Gasteiger charge is 1.84. The molecular formula is C2H8N2O6S. The zero-order chi connectivity index (χ0) is 9.49. The van der Waals surface area contributed by atoms with E-state index in [-0.39, 0.29) is 0 Å². The second-order valence-electron chi connectivity index (χ2n) is 1.06. The lowest BCUT2D eigenvalue weighted by molar-refractivity contribution is -0.196. The highest BCUT2D eigenvalue weighted by Crippen LogP contribution is 1.63. The summed E-state index contributed by atoms with van der Waals surface area (Å²) in [4.78, 5) is 7.86. The van der Waals surface area contributed by atoms with Crippen LogP contribution in [0, 0.1) is 5.41 Å². The van der Waals surface area contributed by atoms with Crippen molar-refractivity contribution in [1.82, 2.24) is 0 Å². The Morgan fingerprint density at radius 1 is 1.55 bits per heavy atom.